The molecule has 2 aliphatic heterocycles. The molecule has 8 heteroatoms. The zero-order valence-corrected chi connectivity index (χ0v) is 12.7. The summed E-state index contributed by atoms with van der Waals surface area (Å²) in [4.78, 5) is -0.246. The second-order valence-electron chi connectivity index (χ2n) is 5.61. The Morgan fingerprint density at radius 2 is 2.05 bits per heavy atom. The van der Waals surface area contributed by atoms with Crippen molar-refractivity contribution in [3.63, 3.8) is 0 Å². The first kappa shape index (κ1) is 15.0. The van der Waals surface area contributed by atoms with Gasteiger partial charge in [-0.15, -0.1) is 0 Å². The van der Waals surface area contributed by atoms with Gasteiger partial charge >= 0.3 is 0 Å². The molecule has 1 N–H and O–H groups in total. The molecular weight excluding hydrogens is 294 g/mol. The molecule has 0 bridgehead atoms. The largest absolute Gasteiger partial charge is 0.359 e. The van der Waals surface area contributed by atoms with Crippen LogP contribution in [-0.2, 0) is 14.8 Å². The number of nitrogens with one attached hydrogen (secondary N) is 1. The number of piperidine rings is 1. The lowest BCUT2D eigenvalue weighted by Gasteiger charge is -2.37. The molecule has 0 atom stereocenters. The van der Waals surface area contributed by atoms with Gasteiger partial charge in [0, 0.05) is 32.5 Å². The highest BCUT2D eigenvalue weighted by Crippen LogP contribution is 2.30. The van der Waals surface area contributed by atoms with Gasteiger partial charge < -0.3 is 4.74 Å². The summed E-state index contributed by atoms with van der Waals surface area (Å²) in [6.45, 7) is 2.12. The number of rotatable bonds is 2. The standard InChI is InChI=1S/C13H18BFN2O3S/c14-10-1-2-12(11(15)9-10)21(18,19)17-6-3-13(4-7-17)16-5-8-20-13/h1-2,9,16H,3-8,14H2. The van der Waals surface area contributed by atoms with Gasteiger partial charge in [-0.2, -0.15) is 4.31 Å². The monoisotopic (exact) mass is 312 g/mol. The summed E-state index contributed by atoms with van der Waals surface area (Å²) in [5, 5.41) is 3.28. The van der Waals surface area contributed by atoms with E-state index in [2.05, 4.69) is 5.32 Å². The minimum Gasteiger partial charge on any atom is -0.359 e. The topological polar surface area (TPSA) is 58.6 Å². The number of halogens is 1. The Hall–Kier alpha value is -0.955. The highest BCUT2D eigenvalue weighted by atomic mass is 32.2. The van der Waals surface area contributed by atoms with E-state index in [4.69, 9.17) is 4.74 Å². The molecule has 1 aromatic carbocycles. The molecule has 0 amide bonds. The molecule has 5 nitrogen and oxygen atoms in total. The Balaban J connectivity index is 1.80. The fraction of sp³-hybridized carbons (Fsp3) is 0.538. The van der Waals surface area contributed by atoms with E-state index >= 15 is 0 Å². The molecule has 0 aromatic heterocycles. The van der Waals surface area contributed by atoms with E-state index < -0.39 is 21.6 Å². The van der Waals surface area contributed by atoms with E-state index in [0.717, 1.165) is 6.54 Å². The Morgan fingerprint density at radius 3 is 2.62 bits per heavy atom. The molecule has 21 heavy (non-hydrogen) atoms. The molecule has 2 aliphatic rings. The Morgan fingerprint density at radius 1 is 1.33 bits per heavy atom. The Bertz CT molecular complexity index is 637. The lowest BCUT2D eigenvalue weighted by molar-refractivity contribution is -0.0446. The molecular formula is C13H18BFN2O3S. The van der Waals surface area contributed by atoms with Crippen LogP contribution in [0.1, 0.15) is 12.8 Å². The fourth-order valence-corrected chi connectivity index (χ4v) is 4.43. The van der Waals surface area contributed by atoms with Gasteiger partial charge in [0.25, 0.3) is 0 Å². The minimum atomic E-state index is -3.78. The van der Waals surface area contributed by atoms with Crippen LogP contribution < -0.4 is 10.8 Å². The third-order valence-electron chi connectivity index (χ3n) is 4.16. The van der Waals surface area contributed by atoms with Gasteiger partial charge in [-0.05, 0) is 12.1 Å². The van der Waals surface area contributed by atoms with Gasteiger partial charge in [-0.3, -0.25) is 5.32 Å². The van der Waals surface area contributed by atoms with E-state index in [0.29, 0.717) is 38.0 Å². The summed E-state index contributed by atoms with van der Waals surface area (Å²) in [6, 6.07) is 4.21. The van der Waals surface area contributed by atoms with Crippen molar-refractivity contribution < 1.29 is 17.5 Å². The van der Waals surface area contributed by atoms with Crippen molar-refractivity contribution in [1.29, 1.82) is 0 Å². The normalized spacial score (nSPS) is 22.7. The van der Waals surface area contributed by atoms with Crippen LogP contribution in [0, 0.1) is 5.82 Å². The Labute approximate surface area is 124 Å². The first-order valence-corrected chi connectivity index (χ1v) is 8.52. The van der Waals surface area contributed by atoms with Gasteiger partial charge in [-0.25, -0.2) is 12.8 Å². The van der Waals surface area contributed by atoms with Crippen molar-refractivity contribution in [3.05, 3.63) is 24.0 Å². The summed E-state index contributed by atoms with van der Waals surface area (Å²) >= 11 is 0. The number of hydrogen-bond acceptors (Lipinski definition) is 4. The first-order chi connectivity index (χ1) is 9.93. The van der Waals surface area contributed by atoms with Crippen LogP contribution in [0.25, 0.3) is 0 Å². The van der Waals surface area contributed by atoms with E-state index in [1.807, 2.05) is 0 Å². The van der Waals surface area contributed by atoms with Crippen molar-refractivity contribution in [2.45, 2.75) is 23.5 Å². The predicted octanol–water partition coefficient (Wildman–Crippen LogP) is -0.815. The van der Waals surface area contributed by atoms with Gasteiger partial charge in [0.2, 0.25) is 10.0 Å². The molecule has 1 spiro atoms. The lowest BCUT2D eigenvalue weighted by atomic mass is 9.97. The van der Waals surface area contributed by atoms with E-state index in [9.17, 15) is 12.8 Å². The van der Waals surface area contributed by atoms with Crippen molar-refractivity contribution in [2.24, 2.45) is 0 Å². The number of hydrogen-bond donors (Lipinski definition) is 1. The van der Waals surface area contributed by atoms with Gasteiger partial charge in [0.1, 0.15) is 24.3 Å². The average molecular weight is 312 g/mol. The van der Waals surface area contributed by atoms with E-state index in [1.165, 1.54) is 16.4 Å². The van der Waals surface area contributed by atoms with E-state index in [-0.39, 0.29) is 4.90 Å². The first-order valence-electron chi connectivity index (χ1n) is 7.08. The zero-order valence-electron chi connectivity index (χ0n) is 11.9. The number of sulfonamides is 1. The third kappa shape index (κ3) is 2.73. The van der Waals surface area contributed by atoms with Crippen LogP contribution in [0.3, 0.4) is 0 Å². The average Bonchev–Trinajstić information content (AvgIpc) is 2.87. The summed E-state index contributed by atoms with van der Waals surface area (Å²) in [7, 11) is -2.05. The third-order valence-corrected chi connectivity index (χ3v) is 6.09. The molecule has 0 aliphatic carbocycles. The van der Waals surface area contributed by atoms with Crippen molar-refractivity contribution in [2.75, 3.05) is 26.2 Å². The van der Waals surface area contributed by atoms with Gasteiger partial charge in [0.15, 0.2) is 0 Å². The van der Waals surface area contributed by atoms with Crippen LogP contribution in [0.5, 0.6) is 0 Å². The predicted molar refractivity (Wildman–Crippen MR) is 79.3 cm³/mol. The van der Waals surface area contributed by atoms with Crippen molar-refractivity contribution in [3.8, 4) is 0 Å². The number of benzene rings is 1. The van der Waals surface area contributed by atoms with Crippen LogP contribution >= 0.6 is 0 Å². The maximum atomic E-state index is 14.0. The van der Waals surface area contributed by atoms with Crippen LogP contribution in [0.4, 0.5) is 4.39 Å². The Kier molecular flexibility index (Phi) is 3.81. The van der Waals surface area contributed by atoms with Crippen molar-refractivity contribution >= 4 is 23.3 Å². The number of nitrogens with zero attached hydrogens (tertiary/aromatic N) is 1. The molecule has 0 radical (unpaired) electrons. The second-order valence-corrected chi connectivity index (χ2v) is 7.51. The fourth-order valence-electron chi connectivity index (χ4n) is 2.94. The van der Waals surface area contributed by atoms with E-state index in [1.54, 1.807) is 13.9 Å². The highest BCUT2D eigenvalue weighted by Gasteiger charge is 2.41. The molecule has 0 unspecified atom stereocenters. The second kappa shape index (κ2) is 5.35. The summed E-state index contributed by atoms with van der Waals surface area (Å²) in [5.74, 6) is -0.689. The van der Waals surface area contributed by atoms with Crippen LogP contribution in [0.15, 0.2) is 23.1 Å². The van der Waals surface area contributed by atoms with Crippen LogP contribution in [0.2, 0.25) is 0 Å². The van der Waals surface area contributed by atoms with Gasteiger partial charge in [-0.1, -0.05) is 11.5 Å². The molecule has 2 saturated heterocycles. The molecule has 1 aromatic rings. The lowest BCUT2D eigenvalue weighted by Crippen LogP contribution is -2.52. The summed E-state index contributed by atoms with van der Waals surface area (Å²) < 4.78 is 46.1. The molecule has 2 heterocycles. The minimum absolute atomic E-state index is 0.246. The summed E-state index contributed by atoms with van der Waals surface area (Å²) in [6.07, 6.45) is 1.17. The van der Waals surface area contributed by atoms with Crippen molar-refractivity contribution in [1.82, 2.24) is 9.62 Å². The molecule has 114 valence electrons. The molecule has 0 saturated carbocycles. The quantitative estimate of drug-likeness (QED) is 0.726. The maximum absolute atomic E-state index is 14.0. The maximum Gasteiger partial charge on any atom is 0.245 e. The molecule has 2 fully saturated rings. The smallest absolute Gasteiger partial charge is 0.245 e. The van der Waals surface area contributed by atoms with Gasteiger partial charge in [0.05, 0.1) is 6.61 Å². The summed E-state index contributed by atoms with van der Waals surface area (Å²) in [5.41, 5.74) is 0.310. The zero-order chi connectivity index (χ0) is 15.1. The number of ether oxygens (including phenoxy) is 1. The van der Waals surface area contributed by atoms with Crippen LogP contribution in [-0.4, -0.2) is 52.5 Å². The highest BCUT2D eigenvalue weighted by molar-refractivity contribution is 7.89. The molecule has 3 rings (SSSR count). The SMILES string of the molecule is Bc1ccc(S(=O)(=O)N2CCC3(CC2)NCCO3)c(F)c1.